The van der Waals surface area contributed by atoms with Gasteiger partial charge in [0.15, 0.2) is 0 Å². The van der Waals surface area contributed by atoms with E-state index in [1.807, 2.05) is 29.2 Å². The Balaban J connectivity index is 2.51. The minimum Gasteiger partial charge on any atom is -0.332 e. The van der Waals surface area contributed by atoms with E-state index in [9.17, 15) is 9.59 Å². The number of carbonyl (C=O) groups is 1. The second-order valence-electron chi connectivity index (χ2n) is 8.74. The topological polar surface area (TPSA) is 55.2 Å². The first-order chi connectivity index (χ1) is 14.3. The summed E-state index contributed by atoms with van der Waals surface area (Å²) in [6.07, 6.45) is 5.59. The van der Waals surface area contributed by atoms with Crippen LogP contribution in [0.3, 0.4) is 0 Å². The Hall–Kier alpha value is -2.17. The Labute approximate surface area is 181 Å². The third-order valence-corrected chi connectivity index (χ3v) is 6.06. The number of para-hydroxylation sites is 1. The fourth-order valence-electron chi connectivity index (χ4n) is 4.08. The van der Waals surface area contributed by atoms with Gasteiger partial charge in [-0.25, -0.2) is 4.98 Å². The van der Waals surface area contributed by atoms with Gasteiger partial charge in [0, 0.05) is 19.5 Å². The number of aromatic nitrogens is 2. The van der Waals surface area contributed by atoms with Crippen LogP contribution >= 0.6 is 0 Å². The standard InChI is InChI=1S/C25H39N3O2/c1-7-10-13-19(8-2)24(29)28(17-16-18(4)5)22(9-3)23-26-21-15-12-11-14-20(21)25(30)27(23)6/h11-12,14-15,18-19,22H,7-10,13,16-17H2,1-6H3/t19-,22+/m0/s1. The molecule has 0 saturated carbocycles. The highest BCUT2D eigenvalue weighted by atomic mass is 16.2. The lowest BCUT2D eigenvalue weighted by atomic mass is 9.95. The van der Waals surface area contributed by atoms with E-state index in [1.54, 1.807) is 11.6 Å². The lowest BCUT2D eigenvalue weighted by Gasteiger charge is -2.35. The predicted octanol–water partition coefficient (Wildman–Crippen LogP) is 5.48. The molecule has 2 aromatic rings. The molecule has 0 saturated heterocycles. The fourth-order valence-corrected chi connectivity index (χ4v) is 4.08. The van der Waals surface area contributed by atoms with Gasteiger partial charge in [0.1, 0.15) is 5.82 Å². The predicted molar refractivity (Wildman–Crippen MR) is 124 cm³/mol. The number of hydrogen-bond donors (Lipinski definition) is 0. The fraction of sp³-hybridized carbons (Fsp3) is 0.640. The zero-order valence-corrected chi connectivity index (χ0v) is 19.6. The zero-order chi connectivity index (χ0) is 22.3. The molecule has 30 heavy (non-hydrogen) atoms. The van der Waals surface area contributed by atoms with Gasteiger partial charge in [-0.1, -0.05) is 59.6 Å². The maximum Gasteiger partial charge on any atom is 0.261 e. The summed E-state index contributed by atoms with van der Waals surface area (Å²) in [7, 11) is 1.78. The van der Waals surface area contributed by atoms with E-state index >= 15 is 0 Å². The summed E-state index contributed by atoms with van der Waals surface area (Å²) in [5, 5.41) is 0.619. The second kappa shape index (κ2) is 11.3. The number of nitrogens with zero attached hydrogens (tertiary/aromatic N) is 3. The molecule has 0 radical (unpaired) electrons. The van der Waals surface area contributed by atoms with E-state index in [-0.39, 0.29) is 23.4 Å². The summed E-state index contributed by atoms with van der Waals surface area (Å²) >= 11 is 0. The highest BCUT2D eigenvalue weighted by Gasteiger charge is 2.31. The number of carbonyl (C=O) groups excluding carboxylic acids is 1. The molecule has 5 nitrogen and oxygen atoms in total. The second-order valence-corrected chi connectivity index (χ2v) is 8.74. The molecular weight excluding hydrogens is 374 g/mol. The van der Waals surface area contributed by atoms with E-state index in [2.05, 4.69) is 34.6 Å². The molecule has 0 bridgehead atoms. The number of amides is 1. The molecule has 0 N–H and O–H groups in total. The van der Waals surface area contributed by atoms with Gasteiger partial charge in [0.05, 0.1) is 16.9 Å². The van der Waals surface area contributed by atoms with Gasteiger partial charge in [-0.3, -0.25) is 14.2 Å². The molecule has 0 aliphatic carbocycles. The van der Waals surface area contributed by atoms with E-state index in [4.69, 9.17) is 4.98 Å². The first-order valence-corrected chi connectivity index (χ1v) is 11.6. The number of rotatable bonds is 11. The minimum atomic E-state index is -0.200. The average Bonchev–Trinajstić information content (AvgIpc) is 2.74. The van der Waals surface area contributed by atoms with Gasteiger partial charge in [0.25, 0.3) is 5.56 Å². The van der Waals surface area contributed by atoms with E-state index in [0.29, 0.717) is 29.2 Å². The molecule has 0 spiro atoms. The number of benzene rings is 1. The van der Waals surface area contributed by atoms with Gasteiger partial charge in [-0.15, -0.1) is 0 Å². The van der Waals surface area contributed by atoms with Crippen LogP contribution in [0.1, 0.15) is 85.0 Å². The minimum absolute atomic E-state index is 0.0312. The van der Waals surface area contributed by atoms with E-state index in [0.717, 1.165) is 38.5 Å². The third-order valence-electron chi connectivity index (χ3n) is 6.06. The van der Waals surface area contributed by atoms with Crippen LogP contribution in [-0.2, 0) is 11.8 Å². The molecule has 2 rings (SSSR count). The molecule has 1 aromatic heterocycles. The van der Waals surface area contributed by atoms with Gasteiger partial charge < -0.3 is 4.90 Å². The highest BCUT2D eigenvalue weighted by molar-refractivity contribution is 5.80. The van der Waals surface area contributed by atoms with Crippen LogP contribution in [0.15, 0.2) is 29.1 Å². The molecule has 0 unspecified atom stereocenters. The molecule has 1 heterocycles. The van der Waals surface area contributed by atoms with Gasteiger partial charge in [-0.05, 0) is 43.7 Å². The van der Waals surface area contributed by atoms with Gasteiger partial charge in [0.2, 0.25) is 5.91 Å². The van der Waals surface area contributed by atoms with Crippen LogP contribution in [-0.4, -0.2) is 26.9 Å². The van der Waals surface area contributed by atoms with Crippen molar-refractivity contribution in [2.45, 2.75) is 79.2 Å². The molecule has 166 valence electrons. The summed E-state index contributed by atoms with van der Waals surface area (Å²) in [5.41, 5.74) is 0.645. The quantitative estimate of drug-likeness (QED) is 0.490. The Bertz CT molecular complexity index is 888. The van der Waals surface area contributed by atoms with Crippen LogP contribution in [0.4, 0.5) is 0 Å². The average molecular weight is 414 g/mol. The van der Waals surface area contributed by atoms with Crippen LogP contribution < -0.4 is 5.56 Å². The molecule has 0 aliphatic rings. The van der Waals surface area contributed by atoms with Crippen molar-refractivity contribution < 1.29 is 4.79 Å². The summed E-state index contributed by atoms with van der Waals surface area (Å²) in [4.78, 5) is 33.5. The van der Waals surface area contributed by atoms with Gasteiger partial charge in [-0.2, -0.15) is 0 Å². The molecule has 1 amide bonds. The Morgan fingerprint density at radius 1 is 1.10 bits per heavy atom. The lowest BCUT2D eigenvalue weighted by Crippen LogP contribution is -2.42. The first kappa shape index (κ1) is 24.1. The van der Waals surface area contributed by atoms with Crippen molar-refractivity contribution in [3.8, 4) is 0 Å². The van der Waals surface area contributed by atoms with E-state index in [1.165, 1.54) is 0 Å². The highest BCUT2D eigenvalue weighted by Crippen LogP contribution is 2.28. The summed E-state index contributed by atoms with van der Waals surface area (Å²) in [5.74, 6) is 1.43. The van der Waals surface area contributed by atoms with Crippen molar-refractivity contribution in [1.82, 2.24) is 14.5 Å². The Morgan fingerprint density at radius 2 is 1.80 bits per heavy atom. The third kappa shape index (κ3) is 5.50. The van der Waals surface area contributed by atoms with Crippen LogP contribution in [0.25, 0.3) is 10.9 Å². The first-order valence-electron chi connectivity index (χ1n) is 11.6. The van der Waals surface area contributed by atoms with Crippen molar-refractivity contribution in [2.75, 3.05) is 6.54 Å². The molecule has 5 heteroatoms. The molecular formula is C25H39N3O2. The summed E-state index contributed by atoms with van der Waals surface area (Å²) in [6.45, 7) is 11.4. The van der Waals surface area contributed by atoms with E-state index < -0.39 is 0 Å². The SMILES string of the molecule is CCCC[C@H](CC)C(=O)N(CCC(C)C)[C@H](CC)c1nc2ccccc2c(=O)n1C. The molecule has 0 fully saturated rings. The normalized spacial score (nSPS) is 13.6. The molecule has 0 aliphatic heterocycles. The smallest absolute Gasteiger partial charge is 0.261 e. The van der Waals surface area contributed by atoms with Crippen molar-refractivity contribution in [2.24, 2.45) is 18.9 Å². The Kier molecular flexibility index (Phi) is 9.07. The number of unbranched alkanes of at least 4 members (excludes halogenated alkanes) is 1. The number of hydrogen-bond acceptors (Lipinski definition) is 3. The van der Waals surface area contributed by atoms with Gasteiger partial charge >= 0.3 is 0 Å². The van der Waals surface area contributed by atoms with Crippen molar-refractivity contribution in [3.63, 3.8) is 0 Å². The maximum atomic E-state index is 13.6. The summed E-state index contributed by atoms with van der Waals surface area (Å²) in [6, 6.07) is 7.26. The van der Waals surface area contributed by atoms with Crippen LogP contribution in [0.2, 0.25) is 0 Å². The lowest BCUT2D eigenvalue weighted by molar-refractivity contribution is -0.139. The van der Waals surface area contributed by atoms with Crippen molar-refractivity contribution in [1.29, 1.82) is 0 Å². The molecule has 2 atom stereocenters. The molecule has 1 aromatic carbocycles. The largest absolute Gasteiger partial charge is 0.332 e. The van der Waals surface area contributed by atoms with Crippen molar-refractivity contribution >= 4 is 16.8 Å². The van der Waals surface area contributed by atoms with Crippen molar-refractivity contribution in [3.05, 3.63) is 40.4 Å². The number of fused-ring (bicyclic) bond motifs is 1. The Morgan fingerprint density at radius 3 is 2.40 bits per heavy atom. The zero-order valence-electron chi connectivity index (χ0n) is 19.6. The monoisotopic (exact) mass is 413 g/mol. The van der Waals surface area contributed by atoms with Crippen LogP contribution in [0, 0.1) is 11.8 Å². The summed E-state index contributed by atoms with van der Waals surface area (Å²) < 4.78 is 1.64. The maximum absolute atomic E-state index is 13.6. The van der Waals surface area contributed by atoms with Crippen LogP contribution in [0.5, 0.6) is 0 Å².